The van der Waals surface area contributed by atoms with E-state index in [1.54, 1.807) is 18.2 Å². The van der Waals surface area contributed by atoms with E-state index in [1.807, 2.05) is 0 Å². The first-order valence-corrected chi connectivity index (χ1v) is 8.20. The predicted octanol–water partition coefficient (Wildman–Crippen LogP) is 3.38. The van der Waals surface area contributed by atoms with Crippen LogP contribution in [-0.4, -0.2) is 31.4 Å². The number of alkyl halides is 1. The standard InChI is InChI=1S/C11H14Cl3NO2S/c1-15(18(16,17)6-2-5-12)8-9-3-4-10(13)7-11(9)14/h3-4,7H,2,5-6,8H2,1H3. The molecule has 0 aliphatic rings. The fourth-order valence-corrected chi connectivity index (χ4v) is 3.30. The largest absolute Gasteiger partial charge is 0.214 e. The van der Waals surface area contributed by atoms with Crippen LogP contribution < -0.4 is 0 Å². The van der Waals surface area contributed by atoms with E-state index >= 15 is 0 Å². The van der Waals surface area contributed by atoms with E-state index in [9.17, 15) is 8.42 Å². The highest BCUT2D eigenvalue weighted by Crippen LogP contribution is 2.22. The third-order valence-electron chi connectivity index (χ3n) is 2.42. The number of rotatable bonds is 6. The summed E-state index contributed by atoms with van der Waals surface area (Å²) in [6, 6.07) is 5.00. The monoisotopic (exact) mass is 329 g/mol. The van der Waals surface area contributed by atoms with Gasteiger partial charge in [-0.2, -0.15) is 0 Å². The minimum Gasteiger partial charge on any atom is -0.212 e. The van der Waals surface area contributed by atoms with Gasteiger partial charge in [0.15, 0.2) is 0 Å². The first-order chi connectivity index (χ1) is 8.36. The Bertz CT molecular complexity index is 505. The molecule has 0 aliphatic heterocycles. The lowest BCUT2D eigenvalue weighted by molar-refractivity contribution is 0.466. The number of hydrogen-bond acceptors (Lipinski definition) is 2. The second kappa shape index (κ2) is 6.96. The molecule has 0 N–H and O–H groups in total. The van der Waals surface area contributed by atoms with Crippen molar-refractivity contribution in [2.24, 2.45) is 0 Å². The first-order valence-electron chi connectivity index (χ1n) is 5.30. The van der Waals surface area contributed by atoms with Crippen molar-refractivity contribution < 1.29 is 8.42 Å². The smallest absolute Gasteiger partial charge is 0.212 e. The predicted molar refractivity (Wildman–Crippen MR) is 77.1 cm³/mol. The molecule has 0 saturated carbocycles. The van der Waals surface area contributed by atoms with Crippen molar-refractivity contribution in [3.05, 3.63) is 33.8 Å². The normalized spacial score (nSPS) is 12.1. The van der Waals surface area contributed by atoms with Crippen molar-refractivity contribution in [1.29, 1.82) is 0 Å². The fourth-order valence-electron chi connectivity index (χ4n) is 1.38. The summed E-state index contributed by atoms with van der Waals surface area (Å²) in [6.07, 6.45) is 0.433. The van der Waals surface area contributed by atoms with Gasteiger partial charge in [-0.25, -0.2) is 12.7 Å². The van der Waals surface area contributed by atoms with Crippen molar-refractivity contribution in [2.75, 3.05) is 18.7 Å². The molecule has 1 aromatic rings. The van der Waals surface area contributed by atoms with Crippen LogP contribution in [0.15, 0.2) is 18.2 Å². The Morgan fingerprint density at radius 2 is 1.94 bits per heavy atom. The zero-order valence-corrected chi connectivity index (χ0v) is 13.0. The molecule has 0 spiro atoms. The zero-order chi connectivity index (χ0) is 13.8. The molecule has 3 nitrogen and oxygen atoms in total. The highest BCUT2D eigenvalue weighted by atomic mass is 35.5. The maximum absolute atomic E-state index is 11.9. The van der Waals surface area contributed by atoms with Gasteiger partial charge < -0.3 is 0 Å². The molecule has 0 radical (unpaired) electrons. The molecule has 1 aromatic carbocycles. The van der Waals surface area contributed by atoms with Crippen LogP contribution in [0.1, 0.15) is 12.0 Å². The van der Waals surface area contributed by atoms with E-state index in [2.05, 4.69) is 0 Å². The second-order valence-electron chi connectivity index (χ2n) is 3.85. The summed E-state index contributed by atoms with van der Waals surface area (Å²) in [6.45, 7) is 0.223. The van der Waals surface area contributed by atoms with Gasteiger partial charge in [-0.15, -0.1) is 11.6 Å². The number of halogens is 3. The molecule has 0 atom stereocenters. The molecule has 102 valence electrons. The van der Waals surface area contributed by atoms with Gasteiger partial charge in [0.1, 0.15) is 0 Å². The molecular weight excluding hydrogens is 317 g/mol. The lowest BCUT2D eigenvalue weighted by Gasteiger charge is -2.17. The van der Waals surface area contributed by atoms with Crippen LogP contribution >= 0.6 is 34.8 Å². The van der Waals surface area contributed by atoms with Gasteiger partial charge in [0.2, 0.25) is 10.0 Å². The summed E-state index contributed by atoms with van der Waals surface area (Å²) in [7, 11) is -1.77. The molecule has 7 heteroatoms. The van der Waals surface area contributed by atoms with E-state index in [4.69, 9.17) is 34.8 Å². The number of benzene rings is 1. The van der Waals surface area contributed by atoms with Crippen LogP contribution in [0, 0.1) is 0 Å². The summed E-state index contributed by atoms with van der Waals surface area (Å²) < 4.78 is 25.0. The molecule has 0 amide bonds. The Morgan fingerprint density at radius 3 is 2.50 bits per heavy atom. The van der Waals surface area contributed by atoms with Crippen molar-refractivity contribution in [2.45, 2.75) is 13.0 Å². The quantitative estimate of drug-likeness (QED) is 0.750. The molecule has 0 fully saturated rings. The van der Waals surface area contributed by atoms with Gasteiger partial charge in [-0.05, 0) is 24.1 Å². The number of nitrogens with zero attached hydrogens (tertiary/aromatic N) is 1. The molecule has 1 rings (SSSR count). The topological polar surface area (TPSA) is 37.4 Å². The Balaban J connectivity index is 2.78. The summed E-state index contributed by atoms with van der Waals surface area (Å²) in [5.41, 5.74) is 0.720. The van der Waals surface area contributed by atoms with Crippen LogP contribution in [0.3, 0.4) is 0 Å². The van der Waals surface area contributed by atoms with Gasteiger partial charge in [0, 0.05) is 29.5 Å². The second-order valence-corrected chi connectivity index (χ2v) is 7.27. The molecule has 0 aromatic heterocycles. The van der Waals surface area contributed by atoms with E-state index in [0.29, 0.717) is 22.3 Å². The van der Waals surface area contributed by atoms with Crippen LogP contribution in [0.5, 0.6) is 0 Å². The first kappa shape index (κ1) is 16.1. The van der Waals surface area contributed by atoms with E-state index in [-0.39, 0.29) is 12.3 Å². The van der Waals surface area contributed by atoms with Gasteiger partial charge in [0.25, 0.3) is 0 Å². The van der Waals surface area contributed by atoms with E-state index in [1.165, 1.54) is 11.4 Å². The Morgan fingerprint density at radius 1 is 1.28 bits per heavy atom. The number of hydrogen-bond donors (Lipinski definition) is 0. The van der Waals surface area contributed by atoms with Gasteiger partial charge in [-0.1, -0.05) is 29.3 Å². The average Bonchev–Trinajstić information content (AvgIpc) is 2.30. The van der Waals surface area contributed by atoms with Crippen molar-refractivity contribution >= 4 is 44.8 Å². The van der Waals surface area contributed by atoms with Gasteiger partial charge in [-0.3, -0.25) is 0 Å². The molecule has 0 saturated heterocycles. The zero-order valence-electron chi connectivity index (χ0n) is 9.87. The summed E-state index contributed by atoms with van der Waals surface area (Å²) >= 11 is 17.3. The van der Waals surface area contributed by atoms with Gasteiger partial charge >= 0.3 is 0 Å². The molecule has 0 heterocycles. The van der Waals surface area contributed by atoms with Crippen molar-refractivity contribution in [3.8, 4) is 0 Å². The maximum atomic E-state index is 11.9. The molecule has 0 aliphatic carbocycles. The molecular formula is C11H14Cl3NO2S. The van der Waals surface area contributed by atoms with Gasteiger partial charge in [0.05, 0.1) is 5.75 Å². The fraction of sp³-hybridized carbons (Fsp3) is 0.455. The minimum atomic E-state index is -3.29. The summed E-state index contributed by atoms with van der Waals surface area (Å²) in [5.74, 6) is 0.368. The highest BCUT2D eigenvalue weighted by Gasteiger charge is 2.18. The molecule has 18 heavy (non-hydrogen) atoms. The lowest BCUT2D eigenvalue weighted by Crippen LogP contribution is -2.29. The Hall–Kier alpha value is -0.000000000000000111. The number of sulfonamides is 1. The van der Waals surface area contributed by atoms with Crippen LogP contribution in [0.2, 0.25) is 10.0 Å². The van der Waals surface area contributed by atoms with Crippen LogP contribution in [0.25, 0.3) is 0 Å². The minimum absolute atomic E-state index is 0.0399. The summed E-state index contributed by atoms with van der Waals surface area (Å²) in [4.78, 5) is 0. The van der Waals surface area contributed by atoms with Crippen LogP contribution in [-0.2, 0) is 16.6 Å². The lowest BCUT2D eigenvalue weighted by atomic mass is 10.2. The average molecular weight is 331 g/mol. The van der Waals surface area contributed by atoms with Crippen LogP contribution in [0.4, 0.5) is 0 Å². The Labute approximate surface area is 123 Å². The molecule has 0 bridgehead atoms. The van der Waals surface area contributed by atoms with E-state index in [0.717, 1.165) is 5.56 Å². The SMILES string of the molecule is CN(Cc1ccc(Cl)cc1Cl)S(=O)(=O)CCCCl. The van der Waals surface area contributed by atoms with Crippen molar-refractivity contribution in [1.82, 2.24) is 4.31 Å². The highest BCUT2D eigenvalue weighted by molar-refractivity contribution is 7.89. The molecule has 0 unspecified atom stereocenters. The van der Waals surface area contributed by atoms with Crippen molar-refractivity contribution in [3.63, 3.8) is 0 Å². The Kier molecular flexibility index (Phi) is 6.21. The third kappa shape index (κ3) is 4.59. The maximum Gasteiger partial charge on any atom is 0.214 e. The summed E-state index contributed by atoms with van der Waals surface area (Å²) in [5, 5.41) is 0.985. The third-order valence-corrected chi connectivity index (χ3v) is 5.16. The van der Waals surface area contributed by atoms with E-state index < -0.39 is 10.0 Å².